The van der Waals surface area contributed by atoms with Gasteiger partial charge in [-0.05, 0) is 19.1 Å². The first-order chi connectivity index (χ1) is 11.0. The number of allylic oxidation sites excluding steroid dienone is 1. The van der Waals surface area contributed by atoms with Gasteiger partial charge in [0.2, 0.25) is 0 Å². The van der Waals surface area contributed by atoms with E-state index >= 15 is 0 Å². The second-order valence-corrected chi connectivity index (χ2v) is 4.48. The first kappa shape index (κ1) is 16.6. The Morgan fingerprint density at radius 3 is 2.83 bits per heavy atom. The molecule has 0 aromatic heterocycles. The summed E-state index contributed by atoms with van der Waals surface area (Å²) in [5.41, 5.74) is 6.19. The average molecular weight is 325 g/mol. The van der Waals surface area contributed by atoms with Crippen LogP contribution in [0.25, 0.3) is 0 Å². The Kier molecular flexibility index (Phi) is 5.08. The molecule has 0 spiro atoms. The second kappa shape index (κ2) is 7.02. The van der Waals surface area contributed by atoms with Gasteiger partial charge in [0.05, 0.1) is 11.3 Å². The fourth-order valence-corrected chi connectivity index (χ4v) is 2.08. The van der Waals surface area contributed by atoms with Crippen molar-refractivity contribution in [3.8, 4) is 11.8 Å². The fraction of sp³-hybridized carbons (Fsp3) is 0.286. The Morgan fingerprint density at radius 1 is 1.52 bits per heavy atom. The van der Waals surface area contributed by atoms with E-state index in [2.05, 4.69) is 9.73 Å². The topological polar surface area (TPSA) is 77.9 Å². The molecule has 1 aliphatic heterocycles. The van der Waals surface area contributed by atoms with E-state index in [4.69, 9.17) is 11.0 Å². The zero-order valence-corrected chi connectivity index (χ0v) is 12.2. The largest absolute Gasteiger partial charge is 0.435 e. The van der Waals surface area contributed by atoms with Gasteiger partial charge >= 0.3 is 6.61 Å². The number of rotatable bonds is 5. The quantitative estimate of drug-likeness (QED) is 0.898. The number of halogens is 3. The van der Waals surface area contributed by atoms with E-state index in [1.165, 1.54) is 34.6 Å². The maximum atomic E-state index is 14.2. The molecule has 0 amide bonds. The molecule has 0 fully saturated rings. The summed E-state index contributed by atoms with van der Waals surface area (Å²) in [4.78, 5) is 3.94. The molecule has 1 heterocycles. The van der Waals surface area contributed by atoms with Crippen LogP contribution in [-0.2, 0) is 0 Å². The average Bonchev–Trinajstić information content (AvgIpc) is 2.51. The molecule has 0 saturated carbocycles. The minimum absolute atomic E-state index is 0.0928. The summed E-state index contributed by atoms with van der Waals surface area (Å²) in [6.07, 6.45) is 1.93. The van der Waals surface area contributed by atoms with Gasteiger partial charge in [0.25, 0.3) is 0 Å². The van der Waals surface area contributed by atoms with Crippen LogP contribution in [0.5, 0.6) is 5.75 Å². The van der Waals surface area contributed by atoms with Crippen LogP contribution < -0.4 is 15.5 Å². The van der Waals surface area contributed by atoms with Crippen molar-refractivity contribution in [2.45, 2.75) is 19.8 Å². The fourth-order valence-electron chi connectivity index (χ4n) is 2.08. The van der Waals surface area contributed by atoms with Crippen molar-refractivity contribution >= 4 is 11.9 Å². The Labute approximate surface area is 130 Å². The van der Waals surface area contributed by atoms with E-state index in [1.54, 1.807) is 6.92 Å². The lowest BCUT2D eigenvalue weighted by Gasteiger charge is -2.38. The Bertz CT molecular complexity index is 671. The minimum atomic E-state index is -3.03. The maximum absolute atomic E-state index is 14.2. The Morgan fingerprint density at radius 2 is 2.26 bits per heavy atom. The third-order valence-corrected chi connectivity index (χ3v) is 3.04. The number of aliphatic imine (C=N–C) groups is 1. The molecule has 0 bridgehead atoms. The van der Waals surface area contributed by atoms with Crippen molar-refractivity contribution in [2.24, 2.45) is 10.7 Å². The monoisotopic (exact) mass is 325 g/mol. The molecule has 23 heavy (non-hydrogen) atoms. The molecule has 9 heteroatoms. The molecule has 6 nitrogen and oxygen atoms in total. The van der Waals surface area contributed by atoms with E-state index in [0.29, 0.717) is 6.54 Å². The summed E-state index contributed by atoms with van der Waals surface area (Å²) in [6.45, 7) is -0.980. The lowest BCUT2D eigenvalue weighted by atomic mass is 10.2. The highest BCUT2D eigenvalue weighted by Crippen LogP contribution is 2.27. The standard InChI is InChI=1S/C14H14F3N5O/c1-2-21(22-8-9(6-18)7-20-14(22)19)12-4-3-10(5-11(12)15)23-13(16)17/h3-5,7-8,13-14H,2,19H2,1H3. The van der Waals surface area contributed by atoms with Crippen LogP contribution in [0.4, 0.5) is 18.9 Å². The summed E-state index contributed by atoms with van der Waals surface area (Å²) >= 11 is 0. The molecule has 2 N–H and O–H groups in total. The summed E-state index contributed by atoms with van der Waals surface area (Å²) < 4.78 is 42.7. The van der Waals surface area contributed by atoms with Crippen LogP contribution >= 0.6 is 0 Å². The van der Waals surface area contributed by atoms with Gasteiger partial charge < -0.3 is 4.74 Å². The molecule has 2 rings (SSSR count). The summed E-state index contributed by atoms with van der Waals surface area (Å²) in [6, 6.07) is 5.30. The molecule has 0 radical (unpaired) electrons. The zero-order valence-electron chi connectivity index (χ0n) is 12.2. The molecular formula is C14H14F3N5O. The second-order valence-electron chi connectivity index (χ2n) is 4.48. The molecule has 1 atom stereocenters. The SMILES string of the molecule is CCN(c1ccc(OC(F)F)cc1F)N1C=C(C#N)C=NC1N. The van der Waals surface area contributed by atoms with E-state index in [1.807, 2.05) is 6.07 Å². The first-order valence-corrected chi connectivity index (χ1v) is 6.67. The normalized spacial score (nSPS) is 17.0. The number of nitriles is 1. The highest BCUT2D eigenvalue weighted by molar-refractivity contribution is 5.84. The van der Waals surface area contributed by atoms with Gasteiger partial charge in [-0.25, -0.2) is 4.39 Å². The molecule has 1 aromatic carbocycles. The number of nitrogens with zero attached hydrogens (tertiary/aromatic N) is 4. The van der Waals surface area contributed by atoms with Crippen LogP contribution in [0.2, 0.25) is 0 Å². The highest BCUT2D eigenvalue weighted by atomic mass is 19.3. The van der Waals surface area contributed by atoms with Crippen LogP contribution in [-0.4, -0.2) is 30.7 Å². The van der Waals surface area contributed by atoms with Crippen molar-refractivity contribution in [3.63, 3.8) is 0 Å². The molecule has 1 aliphatic rings. The summed E-state index contributed by atoms with van der Waals surface area (Å²) in [7, 11) is 0. The lowest BCUT2D eigenvalue weighted by Crippen LogP contribution is -2.50. The zero-order chi connectivity index (χ0) is 17.0. The van der Waals surface area contributed by atoms with Gasteiger partial charge in [0.1, 0.15) is 11.8 Å². The maximum Gasteiger partial charge on any atom is 0.387 e. The third kappa shape index (κ3) is 3.73. The molecule has 122 valence electrons. The van der Waals surface area contributed by atoms with Crippen molar-refractivity contribution in [2.75, 3.05) is 11.6 Å². The van der Waals surface area contributed by atoms with Gasteiger partial charge in [-0.15, -0.1) is 0 Å². The van der Waals surface area contributed by atoms with Crippen LogP contribution in [0.15, 0.2) is 35.0 Å². The van der Waals surface area contributed by atoms with E-state index in [-0.39, 0.29) is 17.0 Å². The molecule has 1 unspecified atom stereocenters. The van der Waals surface area contributed by atoms with Gasteiger partial charge in [-0.3, -0.25) is 20.7 Å². The number of hydrogen-bond acceptors (Lipinski definition) is 6. The van der Waals surface area contributed by atoms with E-state index < -0.39 is 18.7 Å². The molecule has 1 aromatic rings. The van der Waals surface area contributed by atoms with Crippen molar-refractivity contribution < 1.29 is 17.9 Å². The van der Waals surface area contributed by atoms with E-state index in [9.17, 15) is 13.2 Å². The van der Waals surface area contributed by atoms with Crippen LogP contribution in [0.1, 0.15) is 6.92 Å². The lowest BCUT2D eigenvalue weighted by molar-refractivity contribution is -0.0499. The minimum Gasteiger partial charge on any atom is -0.435 e. The number of alkyl halides is 2. The predicted molar refractivity (Wildman–Crippen MR) is 78.1 cm³/mol. The number of anilines is 1. The van der Waals surface area contributed by atoms with Gasteiger partial charge in [-0.1, -0.05) is 0 Å². The molecular weight excluding hydrogens is 311 g/mol. The number of hydrazine groups is 1. The Hall–Kier alpha value is -2.73. The van der Waals surface area contributed by atoms with Crippen LogP contribution in [0.3, 0.4) is 0 Å². The Balaban J connectivity index is 2.33. The number of ether oxygens (including phenoxy) is 1. The van der Waals surface area contributed by atoms with Crippen molar-refractivity contribution in [1.29, 1.82) is 5.26 Å². The number of nitrogens with two attached hydrogens (primary N) is 1. The van der Waals surface area contributed by atoms with Gasteiger partial charge in [-0.2, -0.15) is 14.0 Å². The predicted octanol–water partition coefficient (Wildman–Crippen LogP) is 2.20. The first-order valence-electron chi connectivity index (χ1n) is 6.67. The highest BCUT2D eigenvalue weighted by Gasteiger charge is 2.23. The molecule has 0 saturated heterocycles. The van der Waals surface area contributed by atoms with Crippen molar-refractivity contribution in [3.05, 3.63) is 35.8 Å². The van der Waals surface area contributed by atoms with Gasteiger partial charge in [0, 0.05) is 25.0 Å². The van der Waals surface area contributed by atoms with E-state index in [0.717, 1.165) is 6.07 Å². The van der Waals surface area contributed by atoms with Crippen LogP contribution in [0, 0.1) is 17.1 Å². The summed E-state index contributed by atoms with van der Waals surface area (Å²) in [5, 5.41) is 11.8. The third-order valence-electron chi connectivity index (χ3n) is 3.04. The number of benzene rings is 1. The van der Waals surface area contributed by atoms with Crippen molar-refractivity contribution in [1.82, 2.24) is 5.01 Å². The molecule has 0 aliphatic carbocycles. The summed E-state index contributed by atoms with van der Waals surface area (Å²) in [5.74, 6) is -1.05. The smallest absolute Gasteiger partial charge is 0.387 e. The number of hydrogen-bond donors (Lipinski definition) is 1. The van der Waals surface area contributed by atoms with Gasteiger partial charge in [0.15, 0.2) is 12.1 Å².